The molecule has 0 aliphatic rings. The predicted molar refractivity (Wildman–Crippen MR) is 58.3 cm³/mol. The van der Waals surface area contributed by atoms with Gasteiger partial charge in [0.25, 0.3) is 0 Å². The SMILES string of the molecule is Nc1nc(SCCC(=O)O)ccc1[N+](=O)[O-]. The quantitative estimate of drug-likeness (QED) is 0.452. The molecule has 86 valence electrons. The molecule has 1 aromatic heterocycles. The van der Waals surface area contributed by atoms with Gasteiger partial charge in [0.2, 0.25) is 5.82 Å². The average Bonchev–Trinajstić information content (AvgIpc) is 2.16. The monoisotopic (exact) mass is 243 g/mol. The van der Waals surface area contributed by atoms with E-state index in [0.29, 0.717) is 10.8 Å². The Kier molecular flexibility index (Phi) is 4.06. The Bertz CT molecular complexity index is 424. The van der Waals surface area contributed by atoms with Crippen molar-refractivity contribution in [2.45, 2.75) is 11.4 Å². The summed E-state index contributed by atoms with van der Waals surface area (Å²) in [6.45, 7) is 0. The van der Waals surface area contributed by atoms with Crippen molar-refractivity contribution in [3.63, 3.8) is 0 Å². The largest absolute Gasteiger partial charge is 0.481 e. The van der Waals surface area contributed by atoms with Gasteiger partial charge in [-0.3, -0.25) is 14.9 Å². The van der Waals surface area contributed by atoms with E-state index in [0.717, 1.165) is 0 Å². The second-order valence-electron chi connectivity index (χ2n) is 2.80. The van der Waals surface area contributed by atoms with Crippen LogP contribution in [-0.2, 0) is 4.79 Å². The number of hydrogen-bond acceptors (Lipinski definition) is 6. The van der Waals surface area contributed by atoms with E-state index in [4.69, 9.17) is 10.8 Å². The normalized spacial score (nSPS) is 10.0. The molecule has 0 saturated carbocycles. The maximum absolute atomic E-state index is 10.4. The van der Waals surface area contributed by atoms with Gasteiger partial charge in [0.05, 0.1) is 16.4 Å². The van der Waals surface area contributed by atoms with E-state index in [2.05, 4.69) is 4.98 Å². The molecule has 16 heavy (non-hydrogen) atoms. The van der Waals surface area contributed by atoms with Gasteiger partial charge < -0.3 is 10.8 Å². The zero-order valence-electron chi connectivity index (χ0n) is 8.12. The van der Waals surface area contributed by atoms with Gasteiger partial charge in [-0.25, -0.2) is 4.98 Å². The van der Waals surface area contributed by atoms with E-state index >= 15 is 0 Å². The molecule has 0 bridgehead atoms. The van der Waals surface area contributed by atoms with Crippen LogP contribution in [0.4, 0.5) is 11.5 Å². The second-order valence-corrected chi connectivity index (χ2v) is 3.92. The maximum atomic E-state index is 10.4. The number of anilines is 1. The zero-order valence-corrected chi connectivity index (χ0v) is 8.94. The molecule has 0 radical (unpaired) electrons. The van der Waals surface area contributed by atoms with Crippen LogP contribution in [0.1, 0.15) is 6.42 Å². The Morgan fingerprint density at radius 2 is 2.31 bits per heavy atom. The first-order valence-corrected chi connectivity index (χ1v) is 5.25. The number of aliphatic carboxylic acids is 1. The Morgan fingerprint density at radius 3 is 2.81 bits per heavy atom. The molecule has 3 N–H and O–H groups in total. The fourth-order valence-electron chi connectivity index (χ4n) is 0.927. The topological polar surface area (TPSA) is 119 Å². The minimum absolute atomic E-state index is 0.00321. The minimum atomic E-state index is -0.901. The number of carboxylic acids is 1. The molecule has 0 unspecified atom stereocenters. The third-order valence-corrected chi connectivity index (χ3v) is 2.57. The van der Waals surface area contributed by atoms with Gasteiger partial charge in [0, 0.05) is 11.8 Å². The van der Waals surface area contributed by atoms with Crippen molar-refractivity contribution in [2.24, 2.45) is 0 Å². The second kappa shape index (κ2) is 5.31. The number of thioether (sulfide) groups is 1. The number of carboxylic acid groups (broad SMARTS) is 1. The summed E-state index contributed by atoms with van der Waals surface area (Å²) in [7, 11) is 0. The molecule has 0 fully saturated rings. The van der Waals surface area contributed by atoms with Gasteiger partial charge in [-0.15, -0.1) is 11.8 Å². The first-order chi connectivity index (χ1) is 7.50. The molecule has 1 heterocycles. The number of rotatable bonds is 5. The highest BCUT2D eigenvalue weighted by Crippen LogP contribution is 2.24. The minimum Gasteiger partial charge on any atom is -0.481 e. The summed E-state index contributed by atoms with van der Waals surface area (Å²) in [5.74, 6) is -0.715. The molecule has 0 amide bonds. The van der Waals surface area contributed by atoms with Crippen LogP contribution < -0.4 is 5.73 Å². The van der Waals surface area contributed by atoms with Crippen LogP contribution >= 0.6 is 11.8 Å². The van der Waals surface area contributed by atoms with Crippen molar-refractivity contribution >= 4 is 29.2 Å². The average molecular weight is 243 g/mol. The molecular formula is C8H9N3O4S. The number of nitrogens with zero attached hydrogens (tertiary/aromatic N) is 2. The van der Waals surface area contributed by atoms with Gasteiger partial charge in [0.15, 0.2) is 0 Å². The van der Waals surface area contributed by atoms with E-state index in [1.807, 2.05) is 0 Å². The smallest absolute Gasteiger partial charge is 0.311 e. The van der Waals surface area contributed by atoms with Crippen LogP contribution in [0.25, 0.3) is 0 Å². The van der Waals surface area contributed by atoms with E-state index in [-0.39, 0.29) is 17.9 Å². The molecule has 0 spiro atoms. The molecule has 0 atom stereocenters. The van der Waals surface area contributed by atoms with E-state index in [1.54, 1.807) is 0 Å². The molecule has 0 aromatic carbocycles. The lowest BCUT2D eigenvalue weighted by Gasteiger charge is -2.00. The van der Waals surface area contributed by atoms with E-state index in [1.165, 1.54) is 23.9 Å². The summed E-state index contributed by atoms with van der Waals surface area (Å²) in [5, 5.41) is 19.3. The van der Waals surface area contributed by atoms with Crippen LogP contribution in [0.5, 0.6) is 0 Å². The van der Waals surface area contributed by atoms with Crippen molar-refractivity contribution in [2.75, 3.05) is 11.5 Å². The molecular weight excluding hydrogens is 234 g/mol. The Hall–Kier alpha value is -1.83. The third kappa shape index (κ3) is 3.39. The van der Waals surface area contributed by atoms with Crippen molar-refractivity contribution in [1.82, 2.24) is 4.98 Å². The summed E-state index contributed by atoms with van der Waals surface area (Å²) < 4.78 is 0. The van der Waals surface area contributed by atoms with Crippen molar-refractivity contribution in [1.29, 1.82) is 0 Å². The molecule has 0 aliphatic heterocycles. The molecule has 1 aromatic rings. The van der Waals surface area contributed by atoms with Gasteiger partial charge in [-0.05, 0) is 6.07 Å². The summed E-state index contributed by atoms with van der Waals surface area (Å²) in [4.78, 5) is 23.9. The summed E-state index contributed by atoms with van der Waals surface area (Å²) in [6.07, 6.45) is 0.00321. The van der Waals surface area contributed by atoms with Crippen LogP contribution in [-0.4, -0.2) is 26.7 Å². The first kappa shape index (κ1) is 12.2. The lowest BCUT2D eigenvalue weighted by molar-refractivity contribution is -0.384. The number of nitro groups is 1. The molecule has 7 nitrogen and oxygen atoms in total. The van der Waals surface area contributed by atoms with Crippen LogP contribution in [0.2, 0.25) is 0 Å². The number of aromatic nitrogens is 1. The molecule has 0 aliphatic carbocycles. The van der Waals surface area contributed by atoms with Gasteiger partial charge in [0.1, 0.15) is 0 Å². The maximum Gasteiger partial charge on any atom is 0.311 e. The molecule has 0 saturated heterocycles. The Balaban J connectivity index is 2.66. The van der Waals surface area contributed by atoms with E-state index < -0.39 is 10.9 Å². The standard InChI is InChI=1S/C8H9N3O4S/c9-8-5(11(14)15)1-2-6(10-8)16-4-3-7(12)13/h1-2H,3-4H2,(H2,9,10)(H,12,13). The fraction of sp³-hybridized carbons (Fsp3) is 0.250. The predicted octanol–water partition coefficient (Wildman–Crippen LogP) is 1.14. The zero-order chi connectivity index (χ0) is 12.1. The lowest BCUT2D eigenvalue weighted by atomic mass is 10.4. The lowest BCUT2D eigenvalue weighted by Crippen LogP contribution is -2.00. The number of nitrogen functional groups attached to an aromatic ring is 1. The Morgan fingerprint density at radius 1 is 1.62 bits per heavy atom. The summed E-state index contributed by atoms with van der Waals surface area (Å²) in [5.41, 5.74) is 5.12. The number of nitrogens with two attached hydrogens (primary N) is 1. The first-order valence-electron chi connectivity index (χ1n) is 4.26. The van der Waals surface area contributed by atoms with Crippen LogP contribution in [0, 0.1) is 10.1 Å². The van der Waals surface area contributed by atoms with Crippen LogP contribution in [0.15, 0.2) is 17.2 Å². The molecule has 8 heteroatoms. The molecule has 1 rings (SSSR count). The number of hydrogen-bond donors (Lipinski definition) is 2. The fourth-order valence-corrected chi connectivity index (χ4v) is 1.74. The summed E-state index contributed by atoms with van der Waals surface area (Å²) in [6, 6.07) is 2.70. The van der Waals surface area contributed by atoms with Crippen LogP contribution in [0.3, 0.4) is 0 Å². The van der Waals surface area contributed by atoms with Crippen molar-refractivity contribution < 1.29 is 14.8 Å². The van der Waals surface area contributed by atoms with Gasteiger partial charge in [-0.1, -0.05) is 0 Å². The van der Waals surface area contributed by atoms with Crippen molar-refractivity contribution in [3.05, 3.63) is 22.2 Å². The summed E-state index contributed by atoms with van der Waals surface area (Å²) >= 11 is 1.19. The van der Waals surface area contributed by atoms with Crippen molar-refractivity contribution in [3.8, 4) is 0 Å². The number of pyridine rings is 1. The highest BCUT2D eigenvalue weighted by Gasteiger charge is 2.12. The highest BCUT2D eigenvalue weighted by molar-refractivity contribution is 7.99. The Labute approximate surface area is 94.8 Å². The highest BCUT2D eigenvalue weighted by atomic mass is 32.2. The number of carbonyl (C=O) groups is 1. The van der Waals surface area contributed by atoms with Gasteiger partial charge in [-0.2, -0.15) is 0 Å². The van der Waals surface area contributed by atoms with E-state index in [9.17, 15) is 14.9 Å². The third-order valence-electron chi connectivity index (χ3n) is 1.64. The van der Waals surface area contributed by atoms with Gasteiger partial charge >= 0.3 is 11.7 Å².